The molecule has 0 heterocycles. The van der Waals surface area contributed by atoms with E-state index in [0.29, 0.717) is 21.8 Å². The number of nitrogens with one attached hydrogen (secondary N) is 1. The molecular formula is C31H34F3N7O5. The molecule has 3 amide bonds. The number of halogens is 3. The minimum absolute atomic E-state index is 0.0483. The second-order valence-electron chi connectivity index (χ2n) is 10.2. The summed E-state index contributed by atoms with van der Waals surface area (Å²) in [6.07, 6.45) is -6.15. The van der Waals surface area contributed by atoms with Crippen LogP contribution in [0.25, 0.3) is 0 Å². The Morgan fingerprint density at radius 3 is 1.78 bits per heavy atom. The third-order valence-corrected chi connectivity index (χ3v) is 7.00. The number of alkyl halides is 3. The average Bonchev–Trinajstić information content (AvgIpc) is 3.01. The molecule has 0 saturated heterocycles. The highest BCUT2D eigenvalue weighted by atomic mass is 19.4. The number of rotatable bonds is 15. The Kier molecular flexibility index (Phi) is 11.8. The van der Waals surface area contributed by atoms with Crippen LogP contribution in [0.3, 0.4) is 0 Å². The number of ketones is 1. The van der Waals surface area contributed by atoms with Gasteiger partial charge in [0, 0.05) is 13.1 Å². The molecule has 0 unspecified atom stereocenters. The molecular weight excluding hydrogens is 607 g/mol. The highest BCUT2D eigenvalue weighted by Crippen LogP contribution is 2.37. The Morgan fingerprint density at radius 1 is 0.804 bits per heavy atom. The van der Waals surface area contributed by atoms with E-state index < -0.39 is 54.3 Å². The zero-order valence-electron chi connectivity index (χ0n) is 24.6. The zero-order chi connectivity index (χ0) is 33.9. The van der Waals surface area contributed by atoms with Gasteiger partial charge in [-0.2, -0.15) is 13.2 Å². The Labute approximate surface area is 262 Å². The maximum Gasteiger partial charge on any atom is 0.492 e. The normalized spacial score (nSPS) is 12.6. The number of nitrogens with zero attached hydrogens (tertiary/aromatic N) is 2. The molecule has 0 radical (unpaired) electrons. The number of amides is 3. The Morgan fingerprint density at radius 2 is 1.33 bits per heavy atom. The van der Waals surface area contributed by atoms with Crippen molar-refractivity contribution in [1.29, 1.82) is 0 Å². The van der Waals surface area contributed by atoms with E-state index >= 15 is 0 Å². The largest absolute Gasteiger partial charge is 0.492 e. The van der Waals surface area contributed by atoms with Crippen molar-refractivity contribution in [2.45, 2.75) is 43.6 Å². The van der Waals surface area contributed by atoms with Gasteiger partial charge in [-0.1, -0.05) is 84.9 Å². The quantitative estimate of drug-likeness (QED) is 0.0546. The summed E-state index contributed by atoms with van der Waals surface area (Å²) in [7, 11) is 0. The molecule has 0 aromatic heterocycles. The molecule has 46 heavy (non-hydrogen) atoms. The lowest BCUT2D eigenvalue weighted by atomic mass is 9.75. The van der Waals surface area contributed by atoms with Crippen molar-refractivity contribution in [3.8, 4) is 0 Å². The van der Waals surface area contributed by atoms with E-state index in [2.05, 4.69) is 10.3 Å². The monoisotopic (exact) mass is 641 g/mol. The van der Waals surface area contributed by atoms with Crippen LogP contribution < -0.4 is 28.3 Å². The molecule has 12 nitrogen and oxygen atoms in total. The van der Waals surface area contributed by atoms with Crippen LogP contribution in [0.4, 0.5) is 18.0 Å². The summed E-state index contributed by atoms with van der Waals surface area (Å²) >= 11 is 0. The van der Waals surface area contributed by atoms with Gasteiger partial charge in [0.05, 0.1) is 12.5 Å². The number of hydrogen-bond acceptors (Lipinski definition) is 7. The second kappa shape index (κ2) is 15.5. The molecule has 0 aliphatic heterocycles. The number of carbonyl (C=O) groups excluding carboxylic acids is 4. The van der Waals surface area contributed by atoms with Gasteiger partial charge in [-0.25, -0.2) is 9.59 Å². The summed E-state index contributed by atoms with van der Waals surface area (Å²) in [5.41, 5.74) is 20.8. The number of Topliss-reactive ketones (excluding diaryl/α,β-unsaturated/α-hetero) is 1. The minimum Gasteiger partial charge on any atom is -0.370 e. The molecule has 15 heteroatoms. The number of hydroxylamine groups is 2. The van der Waals surface area contributed by atoms with Crippen LogP contribution in [0, 0.1) is 0 Å². The number of urea groups is 1. The van der Waals surface area contributed by atoms with Gasteiger partial charge in [0.2, 0.25) is 5.91 Å². The maximum atomic E-state index is 14.8. The lowest BCUT2D eigenvalue weighted by molar-refractivity contribution is -0.258. The maximum absolute atomic E-state index is 14.8. The Hall–Kier alpha value is -5.44. The fourth-order valence-electron chi connectivity index (χ4n) is 4.82. The van der Waals surface area contributed by atoms with Gasteiger partial charge in [0.25, 0.3) is 0 Å². The Bertz CT molecular complexity index is 1490. The number of benzene rings is 3. The van der Waals surface area contributed by atoms with Crippen LogP contribution in [0.2, 0.25) is 0 Å². The number of hydrogen-bond donors (Lipinski definition) is 5. The number of carbonyl (C=O) groups is 4. The van der Waals surface area contributed by atoms with Crippen LogP contribution in [-0.4, -0.2) is 53.0 Å². The first kappa shape index (κ1) is 35.0. The molecule has 0 fully saturated rings. The molecule has 3 aromatic rings. The summed E-state index contributed by atoms with van der Waals surface area (Å²) in [5, 5.41) is 2.79. The van der Waals surface area contributed by atoms with Crippen molar-refractivity contribution in [2.75, 3.05) is 6.54 Å². The van der Waals surface area contributed by atoms with Gasteiger partial charge >= 0.3 is 18.2 Å². The summed E-state index contributed by atoms with van der Waals surface area (Å²) in [4.78, 5) is 60.6. The first-order valence-corrected chi connectivity index (χ1v) is 13.9. The Balaban J connectivity index is 2.22. The molecule has 0 saturated carbocycles. The summed E-state index contributed by atoms with van der Waals surface area (Å²) in [6, 6.07) is 21.7. The van der Waals surface area contributed by atoms with Crippen LogP contribution in [0.1, 0.15) is 41.0 Å². The van der Waals surface area contributed by atoms with E-state index in [0.717, 1.165) is 0 Å². The molecule has 1 atom stereocenters. The standard InChI is InChI=1S/C31H34F3N7O5/c32-31(33,34)27(44)46-41(19-21-14-12-20(13-15-21)18-40-29(38)45)30(26(35)43,16-7-17-39-28(36)37)25(42)24(22-8-3-1-4-9-22)23-10-5-2-6-11-23/h1-6,8-15,24H,7,16-19H2,(H2,35,43)(H4,36,37,39)(H3,38,40,45)/t30-/m1/s1. The number of primary amides is 2. The zero-order valence-corrected chi connectivity index (χ0v) is 24.6. The molecule has 244 valence electrons. The first-order valence-electron chi connectivity index (χ1n) is 13.9. The molecule has 9 N–H and O–H groups in total. The predicted octanol–water partition coefficient (Wildman–Crippen LogP) is 2.36. The van der Waals surface area contributed by atoms with Crippen molar-refractivity contribution in [2.24, 2.45) is 27.9 Å². The highest BCUT2D eigenvalue weighted by molar-refractivity contribution is 6.13. The molecule has 0 bridgehead atoms. The SMILES string of the molecule is NC(=O)NCc1ccc(CN(OC(=O)C(F)(F)F)[C@@](CCCN=C(N)N)(C(N)=O)C(=O)C(c2ccccc2)c2ccccc2)cc1. The van der Waals surface area contributed by atoms with Crippen molar-refractivity contribution in [1.82, 2.24) is 10.4 Å². The highest BCUT2D eigenvalue weighted by Gasteiger charge is 2.56. The fraction of sp³-hybridized carbons (Fsp3) is 0.258. The van der Waals surface area contributed by atoms with Gasteiger partial charge in [0.15, 0.2) is 17.3 Å². The van der Waals surface area contributed by atoms with E-state index in [1.54, 1.807) is 60.7 Å². The van der Waals surface area contributed by atoms with E-state index in [9.17, 15) is 32.3 Å². The lowest BCUT2D eigenvalue weighted by Crippen LogP contribution is -2.64. The van der Waals surface area contributed by atoms with Crippen LogP contribution in [0.15, 0.2) is 89.9 Å². The van der Waals surface area contributed by atoms with Crippen molar-refractivity contribution >= 4 is 29.7 Å². The topological polar surface area (TPSA) is 209 Å². The van der Waals surface area contributed by atoms with Gasteiger partial charge in [-0.05, 0) is 35.1 Å². The third-order valence-electron chi connectivity index (χ3n) is 7.00. The van der Waals surface area contributed by atoms with Crippen LogP contribution >= 0.6 is 0 Å². The molecule has 3 aromatic carbocycles. The van der Waals surface area contributed by atoms with Gasteiger partial charge in [-0.3, -0.25) is 14.6 Å². The van der Waals surface area contributed by atoms with Gasteiger partial charge < -0.3 is 33.1 Å². The van der Waals surface area contributed by atoms with Crippen molar-refractivity contribution < 1.29 is 37.2 Å². The third kappa shape index (κ3) is 9.04. The van der Waals surface area contributed by atoms with Gasteiger partial charge in [0.1, 0.15) is 0 Å². The number of guanidine groups is 1. The van der Waals surface area contributed by atoms with E-state index in [4.69, 9.17) is 27.8 Å². The van der Waals surface area contributed by atoms with E-state index in [1.165, 1.54) is 24.3 Å². The summed E-state index contributed by atoms with van der Waals surface area (Å²) < 4.78 is 40.9. The average molecular weight is 642 g/mol. The second-order valence-corrected chi connectivity index (χ2v) is 10.2. The lowest BCUT2D eigenvalue weighted by Gasteiger charge is -2.40. The first-order chi connectivity index (χ1) is 21.8. The minimum atomic E-state index is -5.49. The van der Waals surface area contributed by atoms with Crippen LogP contribution in [0.5, 0.6) is 0 Å². The van der Waals surface area contributed by atoms with Crippen LogP contribution in [-0.2, 0) is 32.3 Å². The smallest absolute Gasteiger partial charge is 0.370 e. The molecule has 0 aliphatic rings. The molecule has 0 spiro atoms. The predicted molar refractivity (Wildman–Crippen MR) is 162 cm³/mol. The van der Waals surface area contributed by atoms with Crippen molar-refractivity contribution in [3.63, 3.8) is 0 Å². The van der Waals surface area contributed by atoms with Crippen molar-refractivity contribution in [3.05, 3.63) is 107 Å². The number of nitrogens with two attached hydrogens (primary N) is 4. The molecule has 0 aliphatic carbocycles. The van der Waals surface area contributed by atoms with E-state index in [-0.39, 0.29) is 31.0 Å². The summed E-state index contributed by atoms with van der Waals surface area (Å²) in [6.45, 7) is -0.750. The van der Waals surface area contributed by atoms with Gasteiger partial charge in [-0.15, -0.1) is 5.06 Å². The number of aliphatic imine (C=N–C) groups is 1. The van der Waals surface area contributed by atoms with E-state index in [1.807, 2.05) is 0 Å². The summed E-state index contributed by atoms with van der Waals surface area (Å²) in [5.74, 6) is -6.51. The fourth-order valence-corrected chi connectivity index (χ4v) is 4.82. The molecule has 3 rings (SSSR count).